The summed E-state index contributed by atoms with van der Waals surface area (Å²) in [4.78, 5) is 1.77. The number of hydrogen-bond acceptors (Lipinski definition) is 2. The van der Waals surface area contributed by atoms with Crippen molar-refractivity contribution in [3.63, 3.8) is 0 Å². The van der Waals surface area contributed by atoms with Gasteiger partial charge < -0.3 is 5.32 Å². The number of alkyl halides is 2. The normalized spacial score (nSPS) is 19.7. The largest absolute Gasteiger partial charge is 0.312 e. The molecule has 0 amide bonds. The standard InChI is InChI=1S/C14H28F2N2/c1-3-9-17-13(10-18(2)11-14(15)16)12-7-5-4-6-8-12/h12-14,17H,3-11H2,1-2H3. The molecule has 2 nitrogen and oxygen atoms in total. The fraction of sp³-hybridized carbons (Fsp3) is 1.00. The van der Waals surface area contributed by atoms with E-state index >= 15 is 0 Å². The van der Waals surface area contributed by atoms with Crippen LogP contribution in [0.4, 0.5) is 8.78 Å². The number of nitrogens with one attached hydrogen (secondary N) is 1. The van der Waals surface area contributed by atoms with Crippen molar-refractivity contribution in [3.05, 3.63) is 0 Å². The minimum atomic E-state index is -2.23. The van der Waals surface area contributed by atoms with Gasteiger partial charge in [0, 0.05) is 12.6 Å². The zero-order valence-corrected chi connectivity index (χ0v) is 11.8. The Labute approximate surface area is 110 Å². The van der Waals surface area contributed by atoms with Crippen LogP contribution in [0.15, 0.2) is 0 Å². The van der Waals surface area contributed by atoms with E-state index < -0.39 is 6.43 Å². The van der Waals surface area contributed by atoms with Crippen molar-refractivity contribution < 1.29 is 8.78 Å². The third kappa shape index (κ3) is 6.10. The molecule has 0 aromatic heterocycles. The molecule has 0 aromatic rings. The second kappa shape index (κ2) is 8.81. The lowest BCUT2D eigenvalue weighted by molar-refractivity contribution is 0.0890. The molecule has 0 heterocycles. The molecule has 1 unspecified atom stereocenters. The van der Waals surface area contributed by atoms with Crippen molar-refractivity contribution >= 4 is 0 Å². The molecule has 0 saturated heterocycles. The van der Waals surface area contributed by atoms with Gasteiger partial charge in [0.1, 0.15) is 0 Å². The third-order valence-corrected chi connectivity index (χ3v) is 3.83. The van der Waals surface area contributed by atoms with Crippen LogP contribution in [0, 0.1) is 5.92 Å². The Balaban J connectivity index is 2.42. The summed E-state index contributed by atoms with van der Waals surface area (Å²) >= 11 is 0. The van der Waals surface area contributed by atoms with Gasteiger partial charge in [0.05, 0.1) is 6.54 Å². The van der Waals surface area contributed by atoms with Crippen LogP contribution in [0.5, 0.6) is 0 Å². The fourth-order valence-corrected chi connectivity index (χ4v) is 2.89. The summed E-state index contributed by atoms with van der Waals surface area (Å²) in [6, 6.07) is 0.383. The lowest BCUT2D eigenvalue weighted by Gasteiger charge is -2.33. The average Bonchev–Trinajstić information content (AvgIpc) is 2.34. The van der Waals surface area contributed by atoms with Gasteiger partial charge in [-0.1, -0.05) is 26.2 Å². The Bertz CT molecular complexity index is 206. The van der Waals surface area contributed by atoms with Gasteiger partial charge in [-0.2, -0.15) is 0 Å². The summed E-state index contributed by atoms with van der Waals surface area (Å²) in [6.07, 6.45) is 5.31. The lowest BCUT2D eigenvalue weighted by atomic mass is 9.83. The topological polar surface area (TPSA) is 15.3 Å². The van der Waals surface area contributed by atoms with E-state index in [1.807, 2.05) is 0 Å². The lowest BCUT2D eigenvalue weighted by Crippen LogP contribution is -2.46. The molecule has 4 heteroatoms. The summed E-state index contributed by atoms with van der Waals surface area (Å²) in [5, 5.41) is 3.56. The Morgan fingerprint density at radius 2 is 1.83 bits per heavy atom. The molecule has 1 aliphatic rings. The first-order valence-corrected chi connectivity index (χ1v) is 7.33. The number of nitrogens with zero attached hydrogens (tertiary/aromatic N) is 1. The second-order valence-electron chi connectivity index (χ2n) is 5.57. The summed E-state index contributed by atoms with van der Waals surface area (Å²) in [6.45, 7) is 3.77. The highest BCUT2D eigenvalue weighted by atomic mass is 19.3. The average molecular weight is 262 g/mol. The molecule has 0 bridgehead atoms. The molecular formula is C14H28F2N2. The zero-order chi connectivity index (χ0) is 13.4. The molecule has 1 rings (SSSR count). The number of likely N-dealkylation sites (N-methyl/N-ethyl adjacent to an activating group) is 1. The summed E-state index contributed by atoms with van der Waals surface area (Å²) in [7, 11) is 1.80. The molecule has 1 fully saturated rings. The molecular weight excluding hydrogens is 234 g/mol. The van der Waals surface area contributed by atoms with Gasteiger partial charge >= 0.3 is 0 Å². The van der Waals surface area contributed by atoms with Crippen molar-refractivity contribution in [2.45, 2.75) is 57.9 Å². The minimum absolute atomic E-state index is 0.114. The van der Waals surface area contributed by atoms with Gasteiger partial charge in [-0.15, -0.1) is 0 Å². The molecule has 1 atom stereocenters. The molecule has 0 aromatic carbocycles. The summed E-state index contributed by atoms with van der Waals surface area (Å²) in [5.41, 5.74) is 0. The zero-order valence-electron chi connectivity index (χ0n) is 11.8. The van der Waals surface area contributed by atoms with Gasteiger partial charge in [-0.3, -0.25) is 4.90 Å². The van der Waals surface area contributed by atoms with Crippen molar-refractivity contribution in [2.24, 2.45) is 5.92 Å². The molecule has 1 N–H and O–H groups in total. The van der Waals surface area contributed by atoms with E-state index in [2.05, 4.69) is 12.2 Å². The highest BCUT2D eigenvalue weighted by Crippen LogP contribution is 2.26. The minimum Gasteiger partial charge on any atom is -0.312 e. The van der Waals surface area contributed by atoms with Crippen molar-refractivity contribution in [1.29, 1.82) is 0 Å². The van der Waals surface area contributed by atoms with Crippen LogP contribution in [-0.4, -0.2) is 44.0 Å². The van der Waals surface area contributed by atoms with Crippen LogP contribution in [-0.2, 0) is 0 Å². The Morgan fingerprint density at radius 1 is 1.17 bits per heavy atom. The Morgan fingerprint density at radius 3 is 2.39 bits per heavy atom. The van der Waals surface area contributed by atoms with Gasteiger partial charge in [-0.05, 0) is 38.8 Å². The quantitative estimate of drug-likeness (QED) is 0.723. The number of halogens is 2. The Kier molecular flexibility index (Phi) is 7.75. The fourth-order valence-electron chi connectivity index (χ4n) is 2.89. The first-order valence-electron chi connectivity index (χ1n) is 7.33. The highest BCUT2D eigenvalue weighted by molar-refractivity contribution is 4.81. The van der Waals surface area contributed by atoms with Crippen LogP contribution < -0.4 is 5.32 Å². The summed E-state index contributed by atoms with van der Waals surface area (Å²) in [5.74, 6) is 0.672. The molecule has 0 radical (unpaired) electrons. The van der Waals surface area contributed by atoms with Crippen LogP contribution in [0.2, 0.25) is 0 Å². The molecule has 0 spiro atoms. The van der Waals surface area contributed by atoms with Crippen molar-refractivity contribution in [3.8, 4) is 0 Å². The molecule has 18 heavy (non-hydrogen) atoms. The third-order valence-electron chi connectivity index (χ3n) is 3.83. The monoisotopic (exact) mass is 262 g/mol. The van der Waals surface area contributed by atoms with Gasteiger partial charge in [-0.25, -0.2) is 8.78 Å². The SMILES string of the molecule is CCCNC(CN(C)CC(F)F)C1CCCCC1. The van der Waals surface area contributed by atoms with E-state index in [4.69, 9.17) is 0 Å². The predicted octanol–water partition coefficient (Wildman–Crippen LogP) is 3.13. The van der Waals surface area contributed by atoms with Gasteiger partial charge in [0.2, 0.25) is 0 Å². The molecule has 108 valence electrons. The smallest absolute Gasteiger partial charge is 0.251 e. The highest BCUT2D eigenvalue weighted by Gasteiger charge is 2.24. The van der Waals surface area contributed by atoms with Crippen LogP contribution in [0.25, 0.3) is 0 Å². The van der Waals surface area contributed by atoms with Gasteiger partial charge in [0.25, 0.3) is 6.43 Å². The first-order chi connectivity index (χ1) is 8.63. The Hall–Kier alpha value is -0.220. The van der Waals surface area contributed by atoms with Crippen molar-refractivity contribution in [2.75, 3.05) is 26.7 Å². The number of rotatable bonds is 8. The first kappa shape index (κ1) is 15.8. The summed E-state index contributed by atoms with van der Waals surface area (Å²) < 4.78 is 24.7. The van der Waals surface area contributed by atoms with Gasteiger partial charge in [0.15, 0.2) is 0 Å². The number of hydrogen-bond donors (Lipinski definition) is 1. The maximum absolute atomic E-state index is 12.4. The van der Waals surface area contributed by atoms with E-state index in [0.717, 1.165) is 19.5 Å². The van der Waals surface area contributed by atoms with E-state index in [1.165, 1.54) is 32.1 Å². The van der Waals surface area contributed by atoms with E-state index in [0.29, 0.717) is 12.0 Å². The predicted molar refractivity (Wildman–Crippen MR) is 72.2 cm³/mol. The van der Waals surface area contributed by atoms with E-state index in [9.17, 15) is 8.78 Å². The molecule has 0 aliphatic heterocycles. The van der Waals surface area contributed by atoms with Crippen LogP contribution in [0.1, 0.15) is 45.4 Å². The molecule has 1 aliphatic carbocycles. The van der Waals surface area contributed by atoms with Crippen LogP contribution >= 0.6 is 0 Å². The van der Waals surface area contributed by atoms with E-state index in [1.54, 1.807) is 11.9 Å². The second-order valence-corrected chi connectivity index (χ2v) is 5.57. The molecule has 1 saturated carbocycles. The maximum atomic E-state index is 12.4. The van der Waals surface area contributed by atoms with E-state index in [-0.39, 0.29) is 6.54 Å². The maximum Gasteiger partial charge on any atom is 0.251 e. The van der Waals surface area contributed by atoms with Crippen LogP contribution in [0.3, 0.4) is 0 Å². The van der Waals surface area contributed by atoms with Crippen molar-refractivity contribution in [1.82, 2.24) is 10.2 Å².